The van der Waals surface area contributed by atoms with Crippen molar-refractivity contribution < 1.29 is 4.79 Å². The zero-order chi connectivity index (χ0) is 13.7. The van der Waals surface area contributed by atoms with Gasteiger partial charge in [-0.3, -0.25) is 4.79 Å². The molecule has 0 fully saturated rings. The van der Waals surface area contributed by atoms with Gasteiger partial charge in [0, 0.05) is 31.0 Å². The van der Waals surface area contributed by atoms with E-state index in [4.69, 9.17) is 5.73 Å². The lowest BCUT2D eigenvalue weighted by molar-refractivity contribution is -0.117. The van der Waals surface area contributed by atoms with Crippen LogP contribution in [0.25, 0.3) is 0 Å². The van der Waals surface area contributed by atoms with Crippen molar-refractivity contribution in [2.24, 2.45) is 0 Å². The summed E-state index contributed by atoms with van der Waals surface area (Å²) in [5.41, 5.74) is 7.33. The molecule has 0 amide bonds. The fraction of sp³-hybridized carbons (Fsp3) is 0.333. The molecule has 0 radical (unpaired) electrons. The zero-order valence-corrected chi connectivity index (χ0v) is 11.2. The van der Waals surface area contributed by atoms with Crippen LogP contribution in [0.4, 0.5) is 5.69 Å². The number of aryl methyl sites for hydroxylation is 1. The Morgan fingerprint density at radius 1 is 1.26 bits per heavy atom. The molecule has 0 atom stereocenters. The first-order valence-electron chi connectivity index (χ1n) is 6.55. The summed E-state index contributed by atoms with van der Waals surface area (Å²) < 4.78 is 2.04. The standard InChI is InChI=1S/C15H19N3O/c1-2-8-18-9-7-17-15(18)11-14(19)10-12-3-5-13(16)6-4-12/h3-7,9H,2,8,10-11,16H2,1H3. The Balaban J connectivity index is 1.97. The topological polar surface area (TPSA) is 60.9 Å². The summed E-state index contributed by atoms with van der Waals surface area (Å²) >= 11 is 0. The van der Waals surface area contributed by atoms with Gasteiger partial charge in [-0.05, 0) is 24.1 Å². The molecule has 2 N–H and O–H groups in total. The third kappa shape index (κ3) is 3.68. The number of rotatable bonds is 6. The molecular weight excluding hydrogens is 238 g/mol. The molecule has 2 aromatic rings. The highest BCUT2D eigenvalue weighted by Crippen LogP contribution is 2.08. The lowest BCUT2D eigenvalue weighted by atomic mass is 10.1. The van der Waals surface area contributed by atoms with E-state index in [2.05, 4.69) is 11.9 Å². The van der Waals surface area contributed by atoms with Crippen molar-refractivity contribution in [3.8, 4) is 0 Å². The van der Waals surface area contributed by atoms with Gasteiger partial charge in [-0.15, -0.1) is 0 Å². The van der Waals surface area contributed by atoms with E-state index >= 15 is 0 Å². The first-order chi connectivity index (χ1) is 9.19. The third-order valence-electron chi connectivity index (χ3n) is 3.00. The maximum absolute atomic E-state index is 12.0. The Hall–Kier alpha value is -2.10. The van der Waals surface area contributed by atoms with Crippen LogP contribution < -0.4 is 5.73 Å². The number of carbonyl (C=O) groups is 1. The maximum Gasteiger partial charge on any atom is 0.144 e. The second-order valence-electron chi connectivity index (χ2n) is 4.67. The Bertz CT molecular complexity index is 543. The van der Waals surface area contributed by atoms with Gasteiger partial charge in [-0.25, -0.2) is 4.98 Å². The number of benzene rings is 1. The second kappa shape index (κ2) is 6.18. The fourth-order valence-corrected chi connectivity index (χ4v) is 2.05. The van der Waals surface area contributed by atoms with Gasteiger partial charge in [-0.2, -0.15) is 0 Å². The van der Waals surface area contributed by atoms with E-state index in [1.165, 1.54) is 0 Å². The molecule has 0 bridgehead atoms. The molecule has 4 heteroatoms. The minimum absolute atomic E-state index is 0.174. The summed E-state index contributed by atoms with van der Waals surface area (Å²) in [5, 5.41) is 0. The minimum Gasteiger partial charge on any atom is -0.399 e. The number of nitrogen functional groups attached to an aromatic ring is 1. The van der Waals surface area contributed by atoms with Crippen LogP contribution in [0.5, 0.6) is 0 Å². The number of Topliss-reactive ketones (excluding diaryl/α,β-unsaturated/α-hetero) is 1. The van der Waals surface area contributed by atoms with Crippen LogP contribution in [0.15, 0.2) is 36.7 Å². The Morgan fingerprint density at radius 2 is 2.00 bits per heavy atom. The van der Waals surface area contributed by atoms with Crippen LogP contribution in [0.1, 0.15) is 24.7 Å². The summed E-state index contributed by atoms with van der Waals surface area (Å²) in [6.45, 7) is 3.02. The van der Waals surface area contributed by atoms with E-state index in [0.717, 1.165) is 30.0 Å². The van der Waals surface area contributed by atoms with Crippen LogP contribution in [0.3, 0.4) is 0 Å². The van der Waals surface area contributed by atoms with Crippen LogP contribution in [0, 0.1) is 0 Å². The molecule has 1 aromatic heterocycles. The molecule has 0 aliphatic rings. The van der Waals surface area contributed by atoms with Gasteiger partial charge >= 0.3 is 0 Å². The lowest BCUT2D eigenvalue weighted by Crippen LogP contribution is -2.12. The molecule has 19 heavy (non-hydrogen) atoms. The Kier molecular flexibility index (Phi) is 4.34. The van der Waals surface area contributed by atoms with Crippen LogP contribution in [-0.2, 0) is 24.2 Å². The number of ketones is 1. The van der Waals surface area contributed by atoms with Crippen molar-refractivity contribution in [3.63, 3.8) is 0 Å². The summed E-state index contributed by atoms with van der Waals surface area (Å²) in [7, 11) is 0. The summed E-state index contributed by atoms with van der Waals surface area (Å²) in [6.07, 6.45) is 5.53. The van der Waals surface area contributed by atoms with Crippen molar-refractivity contribution in [1.82, 2.24) is 9.55 Å². The van der Waals surface area contributed by atoms with Crippen molar-refractivity contribution in [3.05, 3.63) is 48.0 Å². The largest absolute Gasteiger partial charge is 0.399 e. The smallest absolute Gasteiger partial charge is 0.144 e. The van der Waals surface area contributed by atoms with Crippen LogP contribution >= 0.6 is 0 Å². The highest BCUT2D eigenvalue weighted by molar-refractivity contribution is 5.82. The molecule has 0 saturated carbocycles. The van der Waals surface area contributed by atoms with Crippen molar-refractivity contribution in [2.75, 3.05) is 5.73 Å². The average molecular weight is 257 g/mol. The minimum atomic E-state index is 0.174. The summed E-state index contributed by atoms with van der Waals surface area (Å²) in [6, 6.07) is 7.43. The molecule has 0 aliphatic carbocycles. The predicted molar refractivity (Wildman–Crippen MR) is 75.8 cm³/mol. The van der Waals surface area contributed by atoms with Gasteiger partial charge in [0.05, 0.1) is 6.42 Å². The van der Waals surface area contributed by atoms with E-state index < -0.39 is 0 Å². The first kappa shape index (κ1) is 13.3. The van der Waals surface area contributed by atoms with Gasteiger partial charge in [0.2, 0.25) is 0 Å². The van der Waals surface area contributed by atoms with Gasteiger partial charge in [-0.1, -0.05) is 19.1 Å². The number of imidazole rings is 1. The van der Waals surface area contributed by atoms with Crippen LogP contribution in [-0.4, -0.2) is 15.3 Å². The molecular formula is C15H19N3O. The predicted octanol–water partition coefficient (Wildman–Crippen LogP) is 2.23. The average Bonchev–Trinajstić information content (AvgIpc) is 2.80. The van der Waals surface area contributed by atoms with Gasteiger partial charge in [0.25, 0.3) is 0 Å². The van der Waals surface area contributed by atoms with E-state index in [0.29, 0.717) is 12.8 Å². The third-order valence-corrected chi connectivity index (χ3v) is 3.00. The van der Waals surface area contributed by atoms with Gasteiger partial charge in [0.1, 0.15) is 11.6 Å². The first-order valence-corrected chi connectivity index (χ1v) is 6.55. The number of hydrogen-bond donors (Lipinski definition) is 1. The van der Waals surface area contributed by atoms with Gasteiger partial charge in [0.15, 0.2) is 0 Å². The van der Waals surface area contributed by atoms with E-state index in [1.54, 1.807) is 6.20 Å². The monoisotopic (exact) mass is 257 g/mol. The van der Waals surface area contributed by atoms with Crippen molar-refractivity contribution >= 4 is 11.5 Å². The van der Waals surface area contributed by atoms with Crippen molar-refractivity contribution in [1.29, 1.82) is 0 Å². The van der Waals surface area contributed by atoms with Crippen LogP contribution in [0.2, 0.25) is 0 Å². The number of carbonyl (C=O) groups excluding carboxylic acids is 1. The number of anilines is 1. The zero-order valence-electron chi connectivity index (χ0n) is 11.2. The molecule has 1 aromatic carbocycles. The number of hydrogen-bond acceptors (Lipinski definition) is 3. The molecule has 2 rings (SSSR count). The van der Waals surface area contributed by atoms with Crippen molar-refractivity contribution in [2.45, 2.75) is 32.7 Å². The molecule has 0 saturated heterocycles. The summed E-state index contributed by atoms with van der Waals surface area (Å²) in [4.78, 5) is 16.3. The SMILES string of the molecule is CCCn1ccnc1CC(=O)Cc1ccc(N)cc1. The number of nitrogens with two attached hydrogens (primary N) is 1. The van der Waals surface area contributed by atoms with E-state index in [9.17, 15) is 4.79 Å². The summed E-state index contributed by atoms with van der Waals surface area (Å²) in [5.74, 6) is 1.02. The number of aromatic nitrogens is 2. The van der Waals surface area contributed by atoms with Gasteiger partial charge < -0.3 is 10.3 Å². The quantitative estimate of drug-likeness (QED) is 0.807. The number of nitrogens with zero attached hydrogens (tertiary/aromatic N) is 2. The molecule has 0 unspecified atom stereocenters. The molecule has 0 aliphatic heterocycles. The highest BCUT2D eigenvalue weighted by atomic mass is 16.1. The lowest BCUT2D eigenvalue weighted by Gasteiger charge is -2.06. The molecule has 0 spiro atoms. The normalized spacial score (nSPS) is 10.6. The molecule has 4 nitrogen and oxygen atoms in total. The molecule has 1 heterocycles. The second-order valence-corrected chi connectivity index (χ2v) is 4.67. The Labute approximate surface area is 113 Å². The maximum atomic E-state index is 12.0. The molecule has 100 valence electrons. The Morgan fingerprint density at radius 3 is 2.68 bits per heavy atom. The van der Waals surface area contributed by atoms with E-state index in [1.807, 2.05) is 35.0 Å². The highest BCUT2D eigenvalue weighted by Gasteiger charge is 2.09. The van der Waals surface area contributed by atoms with E-state index in [-0.39, 0.29) is 5.78 Å². The fourth-order valence-electron chi connectivity index (χ4n) is 2.05.